The van der Waals surface area contributed by atoms with Crippen molar-refractivity contribution in [1.82, 2.24) is 4.98 Å². The van der Waals surface area contributed by atoms with Crippen LogP contribution >= 0.6 is 49.9 Å². The SMILES string of the molecule is CC(C)/C(=C/c1ncc(I)s1)CBr. The molecule has 0 saturated carbocycles. The lowest BCUT2D eigenvalue weighted by molar-refractivity contribution is 0.780. The second-order valence-electron chi connectivity index (χ2n) is 3.01. The first-order valence-electron chi connectivity index (χ1n) is 4.01. The Morgan fingerprint density at radius 3 is 2.85 bits per heavy atom. The Morgan fingerprint density at radius 1 is 1.77 bits per heavy atom. The summed E-state index contributed by atoms with van der Waals surface area (Å²) in [5.74, 6) is 0.584. The van der Waals surface area contributed by atoms with Crippen LogP contribution in [0.1, 0.15) is 18.9 Å². The molecule has 0 unspecified atom stereocenters. The highest BCUT2D eigenvalue weighted by atomic mass is 127. The van der Waals surface area contributed by atoms with Gasteiger partial charge in [-0.05, 0) is 34.6 Å². The van der Waals surface area contributed by atoms with Gasteiger partial charge in [0.1, 0.15) is 5.01 Å². The molecule has 0 aliphatic carbocycles. The van der Waals surface area contributed by atoms with Crippen molar-refractivity contribution in [2.45, 2.75) is 13.8 Å². The van der Waals surface area contributed by atoms with Crippen LogP contribution in [0.25, 0.3) is 6.08 Å². The van der Waals surface area contributed by atoms with Gasteiger partial charge in [-0.3, -0.25) is 0 Å². The molecule has 0 aromatic carbocycles. The number of alkyl halides is 1. The number of hydrogen-bond donors (Lipinski definition) is 0. The molecule has 0 aliphatic heterocycles. The van der Waals surface area contributed by atoms with Crippen molar-refractivity contribution in [2.75, 3.05) is 5.33 Å². The molecule has 1 rings (SSSR count). The Balaban J connectivity index is 2.84. The average Bonchev–Trinajstić information content (AvgIpc) is 2.46. The summed E-state index contributed by atoms with van der Waals surface area (Å²) in [4.78, 5) is 4.30. The summed E-state index contributed by atoms with van der Waals surface area (Å²) in [6.45, 7) is 4.40. The van der Waals surface area contributed by atoms with Crippen LogP contribution in [-0.2, 0) is 0 Å². The zero-order valence-electron chi connectivity index (χ0n) is 7.55. The molecular formula is C9H11BrINS. The second-order valence-corrected chi connectivity index (χ2v) is 6.53. The minimum Gasteiger partial charge on any atom is -0.244 e. The topological polar surface area (TPSA) is 12.9 Å². The maximum atomic E-state index is 4.30. The van der Waals surface area contributed by atoms with E-state index in [0.29, 0.717) is 5.92 Å². The third-order valence-electron chi connectivity index (χ3n) is 1.70. The quantitative estimate of drug-likeness (QED) is 0.573. The smallest absolute Gasteiger partial charge is 0.117 e. The molecule has 0 radical (unpaired) electrons. The van der Waals surface area contributed by atoms with Crippen molar-refractivity contribution >= 4 is 55.9 Å². The maximum absolute atomic E-state index is 4.30. The van der Waals surface area contributed by atoms with Gasteiger partial charge in [0.2, 0.25) is 0 Å². The Bertz CT molecular complexity index is 306. The van der Waals surface area contributed by atoms with Crippen LogP contribution in [-0.4, -0.2) is 10.3 Å². The van der Waals surface area contributed by atoms with E-state index >= 15 is 0 Å². The van der Waals surface area contributed by atoms with Gasteiger partial charge in [0, 0.05) is 5.33 Å². The largest absolute Gasteiger partial charge is 0.244 e. The highest BCUT2D eigenvalue weighted by molar-refractivity contribution is 14.1. The summed E-state index contributed by atoms with van der Waals surface area (Å²) in [6.07, 6.45) is 4.08. The van der Waals surface area contributed by atoms with Crippen LogP contribution in [0, 0.1) is 8.80 Å². The van der Waals surface area contributed by atoms with Gasteiger partial charge in [-0.1, -0.05) is 35.4 Å². The van der Waals surface area contributed by atoms with E-state index in [4.69, 9.17) is 0 Å². The third-order valence-corrected chi connectivity index (χ3v) is 4.02. The van der Waals surface area contributed by atoms with E-state index in [9.17, 15) is 0 Å². The van der Waals surface area contributed by atoms with Gasteiger partial charge in [-0.25, -0.2) is 4.98 Å². The molecule has 0 saturated heterocycles. The summed E-state index contributed by atoms with van der Waals surface area (Å²) < 4.78 is 1.24. The fourth-order valence-electron chi connectivity index (χ4n) is 0.852. The molecule has 0 bridgehead atoms. The number of hydrogen-bond acceptors (Lipinski definition) is 2. The first kappa shape index (κ1) is 11.7. The predicted molar refractivity (Wildman–Crippen MR) is 71.4 cm³/mol. The lowest BCUT2D eigenvalue weighted by Crippen LogP contribution is -1.94. The van der Waals surface area contributed by atoms with Gasteiger partial charge in [0.15, 0.2) is 0 Å². The summed E-state index contributed by atoms with van der Waals surface area (Å²) in [5, 5.41) is 2.04. The first-order chi connectivity index (χ1) is 6.13. The summed E-state index contributed by atoms with van der Waals surface area (Å²) in [5.41, 5.74) is 1.39. The zero-order valence-corrected chi connectivity index (χ0v) is 12.1. The monoisotopic (exact) mass is 371 g/mol. The number of thiazole rings is 1. The van der Waals surface area contributed by atoms with E-state index in [1.807, 2.05) is 6.20 Å². The van der Waals surface area contributed by atoms with Crippen molar-refractivity contribution in [3.05, 3.63) is 19.7 Å². The van der Waals surface area contributed by atoms with E-state index in [1.54, 1.807) is 11.3 Å². The van der Waals surface area contributed by atoms with Crippen LogP contribution in [0.2, 0.25) is 0 Å². The van der Waals surface area contributed by atoms with Gasteiger partial charge < -0.3 is 0 Å². The lowest BCUT2D eigenvalue weighted by Gasteiger charge is -2.05. The molecule has 72 valence electrons. The Hall–Kier alpha value is 0.580. The van der Waals surface area contributed by atoms with Crippen LogP contribution in [0.15, 0.2) is 11.8 Å². The molecule has 0 spiro atoms. The molecular weight excluding hydrogens is 361 g/mol. The molecule has 0 atom stereocenters. The predicted octanol–water partition coefficient (Wildman–Crippen LogP) is 4.18. The number of halogens is 2. The Kier molecular flexibility index (Phi) is 4.89. The fourth-order valence-corrected chi connectivity index (χ4v) is 3.10. The number of nitrogens with zero attached hydrogens (tertiary/aromatic N) is 1. The molecule has 0 N–H and O–H groups in total. The minimum atomic E-state index is 0.584. The van der Waals surface area contributed by atoms with Crippen molar-refractivity contribution in [3.63, 3.8) is 0 Å². The van der Waals surface area contributed by atoms with E-state index in [1.165, 1.54) is 8.46 Å². The van der Waals surface area contributed by atoms with E-state index < -0.39 is 0 Å². The fraction of sp³-hybridized carbons (Fsp3) is 0.444. The van der Waals surface area contributed by atoms with Crippen molar-refractivity contribution in [2.24, 2.45) is 5.92 Å². The van der Waals surface area contributed by atoms with Gasteiger partial charge in [-0.15, -0.1) is 11.3 Å². The van der Waals surface area contributed by atoms with E-state index in [-0.39, 0.29) is 0 Å². The summed E-state index contributed by atoms with van der Waals surface area (Å²) in [6, 6.07) is 0. The number of aromatic nitrogens is 1. The second kappa shape index (κ2) is 5.46. The molecule has 0 aliphatic rings. The van der Waals surface area contributed by atoms with Crippen LogP contribution in [0.5, 0.6) is 0 Å². The standard InChI is InChI=1S/C9H11BrINS/c1-6(2)7(4-10)3-9-12-5-8(11)13-9/h3,5-6H,4H2,1-2H3/b7-3+. The molecule has 1 aromatic heterocycles. The molecule has 1 nitrogen and oxygen atoms in total. The molecule has 0 amide bonds. The minimum absolute atomic E-state index is 0.584. The number of allylic oxidation sites excluding steroid dienone is 1. The van der Waals surface area contributed by atoms with Crippen molar-refractivity contribution < 1.29 is 0 Å². The molecule has 1 heterocycles. The van der Waals surface area contributed by atoms with E-state index in [0.717, 1.165) is 10.3 Å². The molecule has 4 heteroatoms. The van der Waals surface area contributed by atoms with Gasteiger partial charge in [-0.2, -0.15) is 0 Å². The highest BCUT2D eigenvalue weighted by Crippen LogP contribution is 2.21. The Labute approximate surface area is 105 Å². The van der Waals surface area contributed by atoms with Crippen molar-refractivity contribution in [3.8, 4) is 0 Å². The third kappa shape index (κ3) is 3.67. The van der Waals surface area contributed by atoms with Gasteiger partial charge >= 0.3 is 0 Å². The summed E-state index contributed by atoms with van der Waals surface area (Å²) in [7, 11) is 0. The zero-order chi connectivity index (χ0) is 9.84. The number of rotatable bonds is 3. The highest BCUT2D eigenvalue weighted by Gasteiger charge is 2.03. The lowest BCUT2D eigenvalue weighted by atomic mass is 10.1. The molecule has 13 heavy (non-hydrogen) atoms. The van der Waals surface area contributed by atoms with Gasteiger partial charge in [0.25, 0.3) is 0 Å². The Morgan fingerprint density at radius 2 is 2.46 bits per heavy atom. The normalized spacial score (nSPS) is 12.5. The summed E-state index contributed by atoms with van der Waals surface area (Å²) >= 11 is 7.51. The van der Waals surface area contributed by atoms with Crippen LogP contribution < -0.4 is 0 Å². The molecule has 1 aromatic rings. The average molecular weight is 372 g/mol. The van der Waals surface area contributed by atoms with Crippen LogP contribution in [0.4, 0.5) is 0 Å². The maximum Gasteiger partial charge on any atom is 0.117 e. The van der Waals surface area contributed by atoms with Crippen LogP contribution in [0.3, 0.4) is 0 Å². The first-order valence-corrected chi connectivity index (χ1v) is 7.03. The van der Waals surface area contributed by atoms with E-state index in [2.05, 4.69) is 63.4 Å². The molecule has 0 fully saturated rings. The van der Waals surface area contributed by atoms with Crippen molar-refractivity contribution in [1.29, 1.82) is 0 Å². The van der Waals surface area contributed by atoms with Gasteiger partial charge in [0.05, 0.1) is 9.08 Å².